The number of likely N-dealkylation sites (tertiary alicyclic amines) is 1. The third-order valence-electron chi connectivity index (χ3n) is 5.68. The van der Waals surface area contributed by atoms with E-state index in [0.29, 0.717) is 5.56 Å². The van der Waals surface area contributed by atoms with Crippen LogP contribution < -0.4 is 0 Å². The second-order valence-electron chi connectivity index (χ2n) is 7.35. The third-order valence-corrected chi connectivity index (χ3v) is 6.57. The maximum atomic E-state index is 12.9. The Bertz CT molecular complexity index is 978. The Balaban J connectivity index is 1.43. The molecule has 5 heterocycles. The summed E-state index contributed by atoms with van der Waals surface area (Å²) >= 11 is 1.75. The predicted octanol–water partition coefficient (Wildman–Crippen LogP) is 3.50. The average molecular weight is 364 g/mol. The molecule has 1 fully saturated rings. The number of aromatic nitrogens is 3. The number of hydrogen-bond donors (Lipinski definition) is 0. The minimum Gasteiger partial charge on any atom is -0.338 e. The molecule has 0 saturated carbocycles. The van der Waals surface area contributed by atoms with E-state index in [2.05, 4.69) is 27.1 Å². The van der Waals surface area contributed by atoms with Crippen molar-refractivity contribution < 1.29 is 4.79 Å². The zero-order valence-corrected chi connectivity index (χ0v) is 15.5. The molecular weight excluding hydrogens is 344 g/mol. The SMILES string of the molecule is Cc1cncc(C(=O)N2CC[C@]3(CCn4c(-c5cccs5)cnc43)C2)c1. The normalized spacial score (nSPS) is 21.5. The van der Waals surface area contributed by atoms with Gasteiger partial charge in [0.25, 0.3) is 5.91 Å². The average Bonchev–Trinajstić information content (AvgIpc) is 3.41. The monoisotopic (exact) mass is 364 g/mol. The molecule has 0 N–H and O–H groups in total. The van der Waals surface area contributed by atoms with Gasteiger partial charge < -0.3 is 9.47 Å². The molecule has 0 aliphatic carbocycles. The zero-order valence-electron chi connectivity index (χ0n) is 14.7. The second kappa shape index (κ2) is 5.77. The Morgan fingerprint density at radius 2 is 2.12 bits per heavy atom. The lowest BCUT2D eigenvalue weighted by Crippen LogP contribution is -2.33. The van der Waals surface area contributed by atoms with E-state index >= 15 is 0 Å². The number of carbonyl (C=O) groups is 1. The van der Waals surface area contributed by atoms with Crippen LogP contribution in [0.5, 0.6) is 0 Å². The van der Waals surface area contributed by atoms with E-state index in [4.69, 9.17) is 4.98 Å². The van der Waals surface area contributed by atoms with Crippen molar-refractivity contribution in [1.82, 2.24) is 19.4 Å². The van der Waals surface area contributed by atoms with Crippen LogP contribution in [0.25, 0.3) is 10.6 Å². The van der Waals surface area contributed by atoms with Gasteiger partial charge in [0.15, 0.2) is 0 Å². The maximum Gasteiger partial charge on any atom is 0.255 e. The van der Waals surface area contributed by atoms with Crippen LogP contribution in [0.15, 0.2) is 42.2 Å². The van der Waals surface area contributed by atoms with E-state index < -0.39 is 0 Å². The molecule has 132 valence electrons. The first-order valence-electron chi connectivity index (χ1n) is 8.97. The number of hydrogen-bond acceptors (Lipinski definition) is 4. The molecule has 3 aromatic heterocycles. The first-order chi connectivity index (χ1) is 12.7. The molecule has 0 bridgehead atoms. The zero-order chi connectivity index (χ0) is 17.7. The number of pyridine rings is 1. The molecule has 0 aromatic carbocycles. The van der Waals surface area contributed by atoms with Gasteiger partial charge in [-0.3, -0.25) is 9.78 Å². The number of fused-ring (bicyclic) bond motifs is 2. The lowest BCUT2D eigenvalue weighted by Gasteiger charge is -2.22. The highest BCUT2D eigenvalue weighted by molar-refractivity contribution is 7.13. The summed E-state index contributed by atoms with van der Waals surface area (Å²) in [5.74, 6) is 1.24. The van der Waals surface area contributed by atoms with Crippen molar-refractivity contribution in [2.24, 2.45) is 0 Å². The number of carbonyl (C=O) groups excluding carboxylic acids is 1. The lowest BCUT2D eigenvalue weighted by molar-refractivity contribution is 0.0782. The largest absolute Gasteiger partial charge is 0.338 e. The fourth-order valence-electron chi connectivity index (χ4n) is 4.37. The Morgan fingerprint density at radius 3 is 2.92 bits per heavy atom. The maximum absolute atomic E-state index is 12.9. The molecule has 1 atom stereocenters. The molecule has 0 unspecified atom stereocenters. The van der Waals surface area contributed by atoms with E-state index in [9.17, 15) is 4.79 Å². The van der Waals surface area contributed by atoms with Crippen molar-refractivity contribution in [3.05, 3.63) is 59.1 Å². The first kappa shape index (κ1) is 15.8. The van der Waals surface area contributed by atoms with Gasteiger partial charge in [-0.2, -0.15) is 0 Å². The van der Waals surface area contributed by atoms with E-state index in [1.807, 2.05) is 24.1 Å². The van der Waals surface area contributed by atoms with Crippen molar-refractivity contribution in [1.29, 1.82) is 0 Å². The van der Waals surface area contributed by atoms with Crippen LogP contribution in [-0.2, 0) is 12.0 Å². The van der Waals surface area contributed by atoms with Gasteiger partial charge in [0.1, 0.15) is 5.82 Å². The quantitative estimate of drug-likeness (QED) is 0.699. The highest BCUT2D eigenvalue weighted by Gasteiger charge is 2.48. The summed E-state index contributed by atoms with van der Waals surface area (Å²) < 4.78 is 2.36. The molecular formula is C20H20N4OS. The Hall–Kier alpha value is -2.47. The van der Waals surface area contributed by atoms with Crippen molar-refractivity contribution in [3.63, 3.8) is 0 Å². The predicted molar refractivity (Wildman–Crippen MR) is 101 cm³/mol. The number of thiophene rings is 1. The summed E-state index contributed by atoms with van der Waals surface area (Å²) in [7, 11) is 0. The van der Waals surface area contributed by atoms with Gasteiger partial charge in [-0.25, -0.2) is 4.98 Å². The van der Waals surface area contributed by atoms with Crippen molar-refractivity contribution >= 4 is 17.2 Å². The van der Waals surface area contributed by atoms with Gasteiger partial charge in [0.05, 0.1) is 22.3 Å². The summed E-state index contributed by atoms with van der Waals surface area (Å²) in [5.41, 5.74) is 2.91. The van der Waals surface area contributed by atoms with Crippen molar-refractivity contribution in [2.45, 2.75) is 31.7 Å². The topological polar surface area (TPSA) is 51.0 Å². The first-order valence-corrected chi connectivity index (χ1v) is 9.85. The number of rotatable bonds is 2. The summed E-state index contributed by atoms with van der Waals surface area (Å²) in [5, 5.41) is 2.10. The molecule has 5 rings (SSSR count). The van der Waals surface area contributed by atoms with Gasteiger partial charge in [-0.15, -0.1) is 11.3 Å². The molecule has 6 heteroatoms. The third kappa shape index (κ3) is 2.32. The lowest BCUT2D eigenvalue weighted by atomic mass is 9.85. The highest BCUT2D eigenvalue weighted by atomic mass is 32.1. The van der Waals surface area contributed by atoms with E-state index in [0.717, 1.165) is 43.9 Å². The van der Waals surface area contributed by atoms with Gasteiger partial charge in [-0.1, -0.05) is 6.07 Å². The van der Waals surface area contributed by atoms with Crippen molar-refractivity contribution in [3.8, 4) is 10.6 Å². The van der Waals surface area contributed by atoms with Crippen LogP contribution in [-0.4, -0.2) is 38.4 Å². The van der Waals surface area contributed by atoms with Crippen LogP contribution in [0.3, 0.4) is 0 Å². The Morgan fingerprint density at radius 1 is 1.23 bits per heavy atom. The minimum atomic E-state index is 0.00240. The molecule has 26 heavy (non-hydrogen) atoms. The van der Waals surface area contributed by atoms with E-state index in [1.54, 1.807) is 23.7 Å². The van der Waals surface area contributed by atoms with Crippen LogP contribution in [0.4, 0.5) is 0 Å². The highest BCUT2D eigenvalue weighted by Crippen LogP contribution is 2.44. The minimum absolute atomic E-state index is 0.00240. The van der Waals surface area contributed by atoms with E-state index in [1.165, 1.54) is 10.6 Å². The fourth-order valence-corrected chi connectivity index (χ4v) is 5.12. The molecule has 1 amide bonds. The second-order valence-corrected chi connectivity index (χ2v) is 8.30. The van der Waals surface area contributed by atoms with Gasteiger partial charge in [0.2, 0.25) is 0 Å². The van der Waals surface area contributed by atoms with Crippen LogP contribution in [0.1, 0.15) is 34.6 Å². The summed E-state index contributed by atoms with van der Waals surface area (Å²) in [6.45, 7) is 4.49. The molecule has 1 spiro atoms. The summed E-state index contributed by atoms with van der Waals surface area (Å²) in [6, 6.07) is 6.15. The molecule has 2 aliphatic heterocycles. The Labute approximate surface area is 156 Å². The van der Waals surface area contributed by atoms with E-state index in [-0.39, 0.29) is 11.3 Å². The van der Waals surface area contributed by atoms with Gasteiger partial charge in [-0.05, 0) is 42.8 Å². The number of aryl methyl sites for hydroxylation is 1. The fraction of sp³-hybridized carbons (Fsp3) is 0.350. The summed E-state index contributed by atoms with van der Waals surface area (Å²) in [6.07, 6.45) is 7.49. The smallest absolute Gasteiger partial charge is 0.255 e. The number of nitrogens with zero attached hydrogens (tertiary/aromatic N) is 4. The Kier molecular flexibility index (Phi) is 3.50. The van der Waals surface area contributed by atoms with Crippen LogP contribution in [0.2, 0.25) is 0 Å². The van der Waals surface area contributed by atoms with Gasteiger partial charge >= 0.3 is 0 Å². The molecule has 2 aliphatic rings. The standard InChI is InChI=1S/C20H20N4OS/c1-14-9-15(11-21-10-14)18(25)23-6-4-20(13-23)5-7-24-16(12-22-19(20)24)17-3-2-8-26-17/h2-3,8-12H,4-7,13H2,1H3/t20-/m0/s1. The van der Waals surface area contributed by atoms with Crippen molar-refractivity contribution in [2.75, 3.05) is 13.1 Å². The van der Waals surface area contributed by atoms with Crippen LogP contribution in [0, 0.1) is 6.92 Å². The van der Waals surface area contributed by atoms with Crippen LogP contribution >= 0.6 is 11.3 Å². The number of amides is 1. The molecule has 3 aromatic rings. The summed E-state index contributed by atoms with van der Waals surface area (Å²) in [4.78, 5) is 25.1. The molecule has 5 nitrogen and oxygen atoms in total. The molecule has 1 saturated heterocycles. The van der Waals surface area contributed by atoms with Gasteiger partial charge in [0, 0.05) is 37.4 Å². The number of imidazole rings is 1. The molecule has 0 radical (unpaired) electrons.